The molecule has 2 aromatic heterocycles. The summed E-state index contributed by atoms with van der Waals surface area (Å²) in [5.74, 6) is 0. The van der Waals surface area contributed by atoms with Crippen LogP contribution in [0, 0.1) is 5.41 Å². The topological polar surface area (TPSA) is 53.5 Å². The summed E-state index contributed by atoms with van der Waals surface area (Å²) in [5.41, 5.74) is 20.6. The van der Waals surface area contributed by atoms with Crippen LogP contribution in [0.25, 0.3) is 77.9 Å². The third kappa shape index (κ3) is 6.12. The second-order valence-corrected chi connectivity index (χ2v) is 17.7. The molecule has 0 amide bonds. The minimum Gasteiger partial charge on any atom is -0.300 e. The number of nitrogens with zero attached hydrogens (tertiary/aromatic N) is 3. The lowest BCUT2D eigenvalue weighted by Gasteiger charge is -2.30. The number of pyridine rings is 1. The molecule has 0 bridgehead atoms. The first-order chi connectivity index (χ1) is 33.6. The Morgan fingerprint density at radius 3 is 1.71 bits per heavy atom. The lowest BCUT2D eigenvalue weighted by Crippen LogP contribution is -2.25. The highest BCUT2D eigenvalue weighted by molar-refractivity contribution is 6.11. The van der Waals surface area contributed by atoms with Crippen LogP contribution in [0.2, 0.25) is 0 Å². The lowest BCUT2D eigenvalue weighted by molar-refractivity contribution is 0.793. The molecule has 0 atom stereocenters. The summed E-state index contributed by atoms with van der Waals surface area (Å²) >= 11 is 0. The van der Waals surface area contributed by atoms with E-state index in [2.05, 4.69) is 211 Å². The molecule has 4 heteroatoms. The molecule has 1 spiro atoms. The molecule has 2 aliphatic rings. The van der Waals surface area contributed by atoms with Crippen LogP contribution in [-0.2, 0) is 5.41 Å². The van der Waals surface area contributed by atoms with Crippen LogP contribution in [0.4, 0.5) is 0 Å². The molecule has 0 aliphatic heterocycles. The highest BCUT2D eigenvalue weighted by atomic mass is 15.2. The molecule has 68 heavy (non-hydrogen) atoms. The fraction of sp³-hybridized carbons (Fsp3) is 0.0156. The summed E-state index contributed by atoms with van der Waals surface area (Å²) in [6.45, 7) is 0. The number of aromatic nitrogens is 2. The first kappa shape index (κ1) is 39.4. The van der Waals surface area contributed by atoms with E-state index in [9.17, 15) is 5.41 Å². The Hall–Kier alpha value is -8.99. The molecule has 0 unspecified atom stereocenters. The van der Waals surface area contributed by atoms with Crippen LogP contribution in [0.5, 0.6) is 0 Å². The second kappa shape index (κ2) is 15.9. The highest BCUT2D eigenvalue weighted by Gasteiger charge is 2.51. The van der Waals surface area contributed by atoms with Crippen LogP contribution in [0.3, 0.4) is 0 Å². The normalized spacial score (nSPS) is 13.2. The van der Waals surface area contributed by atoms with Gasteiger partial charge in [0.25, 0.3) is 0 Å². The summed E-state index contributed by atoms with van der Waals surface area (Å²) < 4.78 is 2.13. The van der Waals surface area contributed by atoms with Crippen molar-refractivity contribution in [2.75, 3.05) is 0 Å². The van der Waals surface area contributed by atoms with E-state index in [1.165, 1.54) is 44.5 Å². The molecule has 1 N–H and O–H groups in total. The van der Waals surface area contributed by atoms with Crippen molar-refractivity contribution in [3.63, 3.8) is 0 Å². The molecule has 2 heterocycles. The summed E-state index contributed by atoms with van der Waals surface area (Å²) in [5, 5.41) is 17.2. The summed E-state index contributed by atoms with van der Waals surface area (Å²) in [6.07, 6.45) is 3.85. The van der Waals surface area contributed by atoms with Crippen molar-refractivity contribution >= 4 is 33.9 Å². The van der Waals surface area contributed by atoms with Crippen LogP contribution < -0.4 is 0 Å². The molecule has 0 radical (unpaired) electrons. The number of hydrogen-bond donors (Lipinski definition) is 1. The summed E-state index contributed by atoms with van der Waals surface area (Å²) in [7, 11) is 0. The molecule has 0 saturated carbocycles. The minimum atomic E-state index is -0.499. The molecule has 318 valence electrons. The number of aliphatic imine (C=N–C) groups is 1. The molecular formula is C64H42N4. The van der Waals surface area contributed by atoms with Gasteiger partial charge in [-0.2, -0.15) is 5.10 Å². The van der Waals surface area contributed by atoms with Gasteiger partial charge in [0.1, 0.15) is 5.69 Å². The van der Waals surface area contributed by atoms with Gasteiger partial charge < -0.3 is 5.41 Å². The van der Waals surface area contributed by atoms with Crippen molar-refractivity contribution < 1.29 is 0 Å². The molecule has 4 nitrogen and oxygen atoms in total. The van der Waals surface area contributed by atoms with Gasteiger partial charge in [0, 0.05) is 33.9 Å². The van der Waals surface area contributed by atoms with E-state index in [1.54, 1.807) is 0 Å². The lowest BCUT2D eigenvalue weighted by atomic mass is 9.70. The zero-order valence-corrected chi connectivity index (χ0v) is 37.0. The van der Waals surface area contributed by atoms with Gasteiger partial charge in [-0.1, -0.05) is 218 Å². The number of fused-ring (bicyclic) bond motifs is 13. The van der Waals surface area contributed by atoms with Gasteiger partial charge in [-0.3, -0.25) is 4.99 Å². The maximum Gasteiger partial charge on any atom is 0.101 e. The Kier molecular flexibility index (Phi) is 9.19. The Morgan fingerprint density at radius 1 is 0.471 bits per heavy atom. The third-order valence-corrected chi connectivity index (χ3v) is 13.9. The van der Waals surface area contributed by atoms with Crippen LogP contribution >= 0.6 is 0 Å². The molecule has 2 aliphatic carbocycles. The average molecular weight is 867 g/mol. The van der Waals surface area contributed by atoms with Crippen LogP contribution in [-0.4, -0.2) is 21.5 Å². The van der Waals surface area contributed by atoms with Crippen molar-refractivity contribution in [2.24, 2.45) is 4.99 Å². The molecular weight excluding hydrogens is 825 g/mol. The zero-order valence-electron chi connectivity index (χ0n) is 37.0. The SMILES string of the molecule is N=C(/C=C(\N=Cc1cccc(-c2nn3c(-c4ccccc4)cc4ccccc4c3c2-c2ccccc2)c1)c1ccc2c(c1)C1(c3ccccc3-c3ccccc31)c1ccccc1-2)c1ccccc1. The van der Waals surface area contributed by atoms with Crippen molar-refractivity contribution in [1.29, 1.82) is 5.41 Å². The predicted molar refractivity (Wildman–Crippen MR) is 281 cm³/mol. The van der Waals surface area contributed by atoms with Gasteiger partial charge in [0.2, 0.25) is 0 Å². The fourth-order valence-corrected chi connectivity index (χ4v) is 11.0. The van der Waals surface area contributed by atoms with Gasteiger partial charge in [-0.05, 0) is 90.9 Å². The van der Waals surface area contributed by atoms with Gasteiger partial charge >= 0.3 is 0 Å². The second-order valence-electron chi connectivity index (χ2n) is 17.7. The Balaban J connectivity index is 0.979. The molecule has 9 aromatic carbocycles. The van der Waals surface area contributed by atoms with Crippen molar-refractivity contribution in [3.05, 3.63) is 282 Å². The number of rotatable bonds is 8. The Bertz CT molecular complexity index is 3800. The van der Waals surface area contributed by atoms with E-state index >= 15 is 0 Å². The largest absolute Gasteiger partial charge is 0.300 e. The number of benzene rings is 9. The van der Waals surface area contributed by atoms with Gasteiger partial charge in [0.15, 0.2) is 0 Å². The predicted octanol–water partition coefficient (Wildman–Crippen LogP) is 15.4. The van der Waals surface area contributed by atoms with E-state index in [4.69, 9.17) is 10.1 Å². The zero-order chi connectivity index (χ0) is 45.2. The smallest absolute Gasteiger partial charge is 0.101 e. The standard InChI is InChI=1S/C64H42N4/c65-58(43-20-4-1-5-21-43)40-59(47-35-36-53-52-31-14-17-34-56(52)64(57(53)38-47)54-32-15-12-29-50(54)51-30-13-16-33-55(51)64)66-41-42-19-18-27-48(37-42)62-61(45-24-8-3-9-25-45)63-49-28-11-10-26-46(49)39-60(68(63)67-62)44-22-6-2-7-23-44/h1-41,65H/b59-40-,65-58?,66-41?. The molecule has 0 saturated heterocycles. The van der Waals surface area contributed by atoms with Crippen LogP contribution in [0.15, 0.2) is 248 Å². The number of allylic oxidation sites excluding steroid dienone is 1. The minimum absolute atomic E-state index is 0.389. The molecule has 0 fully saturated rings. The van der Waals surface area contributed by atoms with Gasteiger partial charge in [-0.15, -0.1) is 0 Å². The van der Waals surface area contributed by atoms with E-state index in [0.29, 0.717) is 11.4 Å². The van der Waals surface area contributed by atoms with Crippen LogP contribution in [0.1, 0.15) is 38.9 Å². The number of nitrogens with one attached hydrogen (secondary N) is 1. The van der Waals surface area contributed by atoms with Gasteiger partial charge in [-0.25, -0.2) is 4.52 Å². The van der Waals surface area contributed by atoms with E-state index in [-0.39, 0.29) is 0 Å². The third-order valence-electron chi connectivity index (χ3n) is 13.9. The van der Waals surface area contributed by atoms with Crippen molar-refractivity contribution in [1.82, 2.24) is 9.61 Å². The van der Waals surface area contributed by atoms with E-state index in [0.717, 1.165) is 66.6 Å². The van der Waals surface area contributed by atoms with Crippen molar-refractivity contribution in [2.45, 2.75) is 5.41 Å². The summed E-state index contributed by atoms with van der Waals surface area (Å²) in [4.78, 5) is 5.33. The Labute approximate surface area is 395 Å². The van der Waals surface area contributed by atoms with E-state index in [1.807, 2.05) is 42.6 Å². The monoisotopic (exact) mass is 866 g/mol. The highest BCUT2D eigenvalue weighted by Crippen LogP contribution is 2.63. The maximum absolute atomic E-state index is 9.39. The maximum atomic E-state index is 9.39. The quantitative estimate of drug-likeness (QED) is 0.152. The first-order valence-electron chi connectivity index (χ1n) is 23.1. The first-order valence-corrected chi connectivity index (χ1v) is 23.1. The number of hydrogen-bond acceptors (Lipinski definition) is 3. The summed E-state index contributed by atoms with van der Waals surface area (Å²) in [6, 6.07) is 83.8. The van der Waals surface area contributed by atoms with Gasteiger partial charge in [0.05, 0.1) is 28.0 Å². The Morgan fingerprint density at radius 2 is 1.03 bits per heavy atom. The fourth-order valence-electron chi connectivity index (χ4n) is 11.0. The molecule has 13 rings (SSSR count). The average Bonchev–Trinajstić information content (AvgIpc) is 4.06. The molecule has 11 aromatic rings. The van der Waals surface area contributed by atoms with E-state index < -0.39 is 5.41 Å². The van der Waals surface area contributed by atoms with Crippen molar-refractivity contribution in [3.8, 4) is 55.9 Å².